The van der Waals surface area contributed by atoms with E-state index in [4.69, 9.17) is 0 Å². The molecule has 5 heteroatoms. The molecule has 0 aliphatic carbocycles. The Bertz CT molecular complexity index is 372. The molecule has 0 aliphatic heterocycles. The maximum absolute atomic E-state index is 13.0. The molecule has 2 atom stereocenters. The van der Waals surface area contributed by atoms with Crippen molar-refractivity contribution in [2.24, 2.45) is 0 Å². The molecule has 0 fully saturated rings. The van der Waals surface area contributed by atoms with Gasteiger partial charge < -0.3 is 4.55 Å². The first-order valence-corrected chi connectivity index (χ1v) is 6.49. The Balaban J connectivity index is 2.79. The highest BCUT2D eigenvalue weighted by molar-refractivity contribution is 7.90. The van der Waals surface area contributed by atoms with Gasteiger partial charge in [-0.1, -0.05) is 0 Å². The molecule has 1 aromatic rings. The van der Waals surface area contributed by atoms with Crippen molar-refractivity contribution >= 4 is 11.4 Å². The summed E-state index contributed by atoms with van der Waals surface area (Å²) in [6.45, 7) is 7.21. The first-order chi connectivity index (χ1) is 7.70. The first kappa shape index (κ1) is 14.4. The van der Waals surface area contributed by atoms with Gasteiger partial charge in [0.1, 0.15) is 16.4 Å². The normalized spacial score (nSPS) is 15.7. The molecule has 0 saturated heterocycles. The number of benzene rings is 1. The van der Waals surface area contributed by atoms with E-state index in [0.717, 1.165) is 6.07 Å². The summed E-state index contributed by atoms with van der Waals surface area (Å²) in [5, 5.41) is 0. The van der Waals surface area contributed by atoms with Crippen LogP contribution in [-0.4, -0.2) is 9.30 Å². The second-order valence-corrected chi connectivity index (χ2v) is 6.92. The van der Waals surface area contributed by atoms with Crippen LogP contribution in [0.4, 0.5) is 8.78 Å². The molecule has 0 radical (unpaired) electrons. The summed E-state index contributed by atoms with van der Waals surface area (Å²) in [7, 11) is 0. The Morgan fingerprint density at radius 3 is 2.06 bits per heavy atom. The molecule has 0 saturated carbocycles. The topological polar surface area (TPSA) is 35.1 Å². The highest BCUT2D eigenvalue weighted by atomic mass is 32.2. The summed E-state index contributed by atoms with van der Waals surface area (Å²) in [5.41, 5.74) is 0.445. The molecule has 0 aliphatic rings. The van der Waals surface area contributed by atoms with Gasteiger partial charge in [-0.15, -0.1) is 4.72 Å². The van der Waals surface area contributed by atoms with Gasteiger partial charge in [-0.25, -0.2) is 8.78 Å². The van der Waals surface area contributed by atoms with E-state index in [0.29, 0.717) is 5.56 Å². The lowest BCUT2D eigenvalue weighted by Crippen LogP contribution is -2.40. The largest absolute Gasteiger partial charge is 0.598 e. The van der Waals surface area contributed by atoms with E-state index >= 15 is 0 Å². The van der Waals surface area contributed by atoms with Gasteiger partial charge in [0.05, 0.1) is 6.04 Å². The van der Waals surface area contributed by atoms with E-state index in [1.54, 1.807) is 6.92 Å². The van der Waals surface area contributed by atoms with Crippen LogP contribution in [0.1, 0.15) is 39.3 Å². The Hall–Kier alpha value is -0.650. The van der Waals surface area contributed by atoms with E-state index in [1.165, 1.54) is 12.1 Å². The fraction of sp³-hybridized carbons (Fsp3) is 0.500. The summed E-state index contributed by atoms with van der Waals surface area (Å²) in [5.74, 6) is -1.26. The number of halogens is 2. The van der Waals surface area contributed by atoms with Crippen molar-refractivity contribution in [1.82, 2.24) is 4.72 Å². The van der Waals surface area contributed by atoms with Crippen LogP contribution in [-0.2, 0) is 11.4 Å². The van der Waals surface area contributed by atoms with Crippen LogP contribution in [0, 0.1) is 11.6 Å². The summed E-state index contributed by atoms with van der Waals surface area (Å²) in [4.78, 5) is 0. The van der Waals surface area contributed by atoms with E-state index in [9.17, 15) is 13.3 Å². The van der Waals surface area contributed by atoms with Crippen LogP contribution in [0.3, 0.4) is 0 Å². The Morgan fingerprint density at radius 2 is 1.65 bits per heavy atom. The molecule has 0 bridgehead atoms. The van der Waals surface area contributed by atoms with Gasteiger partial charge in [0, 0.05) is 17.4 Å². The second-order valence-electron chi connectivity index (χ2n) is 4.92. The molecule has 96 valence electrons. The highest BCUT2D eigenvalue weighted by Crippen LogP contribution is 2.20. The fourth-order valence-corrected chi connectivity index (χ4v) is 2.04. The van der Waals surface area contributed by atoms with Crippen molar-refractivity contribution in [3.8, 4) is 0 Å². The fourth-order valence-electron chi connectivity index (χ4n) is 1.23. The molecule has 17 heavy (non-hydrogen) atoms. The van der Waals surface area contributed by atoms with Crippen molar-refractivity contribution in [3.05, 3.63) is 35.4 Å². The third-order valence-corrected chi connectivity index (χ3v) is 3.90. The van der Waals surface area contributed by atoms with Crippen molar-refractivity contribution in [3.63, 3.8) is 0 Å². The van der Waals surface area contributed by atoms with Gasteiger partial charge >= 0.3 is 0 Å². The van der Waals surface area contributed by atoms with Gasteiger partial charge in [-0.05, 0) is 45.4 Å². The molecule has 0 aromatic heterocycles. The zero-order valence-corrected chi connectivity index (χ0v) is 11.2. The average molecular weight is 261 g/mol. The molecule has 1 N–H and O–H groups in total. The van der Waals surface area contributed by atoms with Crippen molar-refractivity contribution in [2.45, 2.75) is 38.5 Å². The number of nitrogens with one attached hydrogen (secondary N) is 1. The molecule has 1 aromatic carbocycles. The predicted molar refractivity (Wildman–Crippen MR) is 65.8 cm³/mol. The van der Waals surface area contributed by atoms with Crippen LogP contribution in [0.15, 0.2) is 18.2 Å². The maximum atomic E-state index is 13.0. The molecular formula is C12H17F2NOS. The first-order valence-electron chi connectivity index (χ1n) is 5.34. The number of hydrogen-bond donors (Lipinski definition) is 1. The van der Waals surface area contributed by atoms with Crippen LogP contribution in [0.5, 0.6) is 0 Å². The summed E-state index contributed by atoms with van der Waals surface area (Å²) >= 11 is -1.28. The molecule has 1 unspecified atom stereocenters. The van der Waals surface area contributed by atoms with Gasteiger partial charge in [-0.3, -0.25) is 0 Å². The molecule has 0 heterocycles. The number of hydrogen-bond acceptors (Lipinski definition) is 2. The van der Waals surface area contributed by atoms with Crippen LogP contribution in [0.25, 0.3) is 0 Å². The van der Waals surface area contributed by atoms with Crippen LogP contribution < -0.4 is 4.72 Å². The Morgan fingerprint density at radius 1 is 1.18 bits per heavy atom. The van der Waals surface area contributed by atoms with E-state index in [1.807, 2.05) is 20.8 Å². The SMILES string of the molecule is CC(N[S@+]([O-])C(C)(C)C)c1cc(F)cc(F)c1. The van der Waals surface area contributed by atoms with Gasteiger partial charge in [0.2, 0.25) is 0 Å². The van der Waals surface area contributed by atoms with Gasteiger partial charge in [0.15, 0.2) is 0 Å². The Kier molecular flexibility index (Phi) is 4.52. The summed E-state index contributed by atoms with van der Waals surface area (Å²) in [6, 6.07) is 2.92. The molecule has 2 nitrogen and oxygen atoms in total. The quantitative estimate of drug-likeness (QED) is 0.849. The Labute approximate surface area is 104 Å². The molecule has 0 spiro atoms. The smallest absolute Gasteiger partial charge is 0.136 e. The minimum Gasteiger partial charge on any atom is -0.598 e. The predicted octanol–water partition coefficient (Wildman–Crippen LogP) is 3.08. The third-order valence-electron chi connectivity index (χ3n) is 2.22. The summed E-state index contributed by atoms with van der Waals surface area (Å²) in [6.07, 6.45) is 0. The van der Waals surface area contributed by atoms with Crippen LogP contribution >= 0.6 is 0 Å². The molecule has 0 amide bonds. The van der Waals surface area contributed by atoms with E-state index in [2.05, 4.69) is 4.72 Å². The highest BCUT2D eigenvalue weighted by Gasteiger charge is 2.28. The standard InChI is InChI=1S/C12H17F2NOS/c1-8(15-17(16)12(2,3)4)9-5-10(13)7-11(14)6-9/h5-8,15H,1-4H3/t8?,17-/m1/s1. The van der Waals surface area contributed by atoms with Crippen molar-refractivity contribution in [2.75, 3.05) is 0 Å². The molecular weight excluding hydrogens is 244 g/mol. The lowest BCUT2D eigenvalue weighted by atomic mass is 10.1. The minimum atomic E-state index is -1.28. The van der Waals surface area contributed by atoms with Crippen LogP contribution in [0.2, 0.25) is 0 Å². The monoisotopic (exact) mass is 261 g/mol. The minimum absolute atomic E-state index is 0.375. The maximum Gasteiger partial charge on any atom is 0.136 e. The number of rotatable bonds is 3. The molecule has 1 rings (SSSR count). The average Bonchev–Trinajstić information content (AvgIpc) is 2.14. The van der Waals surface area contributed by atoms with E-state index in [-0.39, 0.29) is 6.04 Å². The zero-order chi connectivity index (χ0) is 13.2. The van der Waals surface area contributed by atoms with Crippen molar-refractivity contribution in [1.29, 1.82) is 0 Å². The lowest BCUT2D eigenvalue weighted by Gasteiger charge is -2.26. The third kappa shape index (κ3) is 4.26. The lowest BCUT2D eigenvalue weighted by molar-refractivity contribution is 0.527. The van der Waals surface area contributed by atoms with Gasteiger partial charge in [0.25, 0.3) is 0 Å². The van der Waals surface area contributed by atoms with E-state index < -0.39 is 27.7 Å². The van der Waals surface area contributed by atoms with Crippen molar-refractivity contribution < 1.29 is 13.3 Å². The second kappa shape index (κ2) is 5.33. The van der Waals surface area contributed by atoms with Gasteiger partial charge in [-0.2, -0.15) is 0 Å². The zero-order valence-electron chi connectivity index (χ0n) is 10.4. The summed E-state index contributed by atoms with van der Waals surface area (Å²) < 4.78 is 40.3.